The van der Waals surface area contributed by atoms with Crippen LogP contribution in [0.2, 0.25) is 10.0 Å². The molecule has 0 aliphatic carbocycles. The Bertz CT molecular complexity index is 1040. The van der Waals surface area contributed by atoms with Crippen LogP contribution in [0.15, 0.2) is 34.9 Å². The highest BCUT2D eigenvalue weighted by atomic mass is 79.9. The van der Waals surface area contributed by atoms with Crippen molar-refractivity contribution >= 4 is 56.3 Å². The van der Waals surface area contributed by atoms with Crippen molar-refractivity contribution in [3.05, 3.63) is 56.4 Å². The molecule has 0 radical (unpaired) electrons. The fourth-order valence-electron chi connectivity index (χ4n) is 3.59. The number of aromatic nitrogens is 3. The van der Waals surface area contributed by atoms with Gasteiger partial charge in [-0.25, -0.2) is 14.8 Å². The topological polar surface area (TPSA) is 65.1 Å². The van der Waals surface area contributed by atoms with E-state index in [2.05, 4.69) is 30.9 Å². The van der Waals surface area contributed by atoms with Crippen molar-refractivity contribution in [3.63, 3.8) is 0 Å². The molecular formula is C19H18BrCl2N5O. The molecule has 1 unspecified atom stereocenters. The number of amides is 2. The molecule has 0 spiro atoms. The van der Waals surface area contributed by atoms with E-state index in [9.17, 15) is 4.79 Å². The molecule has 9 heteroatoms. The zero-order valence-corrected chi connectivity index (χ0v) is 18.2. The highest BCUT2D eigenvalue weighted by Gasteiger charge is 2.36. The van der Waals surface area contributed by atoms with Crippen LogP contribution < -0.4 is 0 Å². The largest absolute Gasteiger partial charge is 0.339 e. The molecule has 1 N–H and O–H groups in total. The second kappa shape index (κ2) is 7.89. The second-order valence-corrected chi connectivity index (χ2v) is 8.39. The first-order chi connectivity index (χ1) is 13.4. The maximum absolute atomic E-state index is 12.9. The third-order valence-corrected chi connectivity index (χ3v) is 5.93. The minimum atomic E-state index is 0.00665. The molecule has 1 fully saturated rings. The van der Waals surface area contributed by atoms with E-state index in [1.165, 1.54) is 0 Å². The Labute approximate surface area is 181 Å². The number of rotatable bonds is 5. The van der Waals surface area contributed by atoms with E-state index in [4.69, 9.17) is 23.2 Å². The molecule has 3 aromatic rings. The van der Waals surface area contributed by atoms with Crippen LogP contribution in [-0.2, 0) is 13.0 Å². The van der Waals surface area contributed by atoms with Gasteiger partial charge in [0, 0.05) is 23.1 Å². The number of likely N-dealkylation sites (N-methyl/N-ethyl adjacent to an activating group) is 1. The molecule has 6 nitrogen and oxygen atoms in total. The summed E-state index contributed by atoms with van der Waals surface area (Å²) >= 11 is 15.7. The van der Waals surface area contributed by atoms with Crippen LogP contribution in [0.3, 0.4) is 0 Å². The number of H-pyrrole nitrogens is 1. The Morgan fingerprint density at radius 3 is 2.82 bits per heavy atom. The van der Waals surface area contributed by atoms with Gasteiger partial charge in [-0.05, 0) is 59.1 Å². The number of imidazole rings is 1. The average Bonchev–Trinajstić information content (AvgIpc) is 3.17. The van der Waals surface area contributed by atoms with Crippen LogP contribution in [0, 0.1) is 0 Å². The average molecular weight is 483 g/mol. The summed E-state index contributed by atoms with van der Waals surface area (Å²) in [7, 11) is 0. The molecule has 3 heterocycles. The third kappa shape index (κ3) is 3.83. The van der Waals surface area contributed by atoms with Crippen LogP contribution in [0.5, 0.6) is 0 Å². The van der Waals surface area contributed by atoms with Crippen molar-refractivity contribution in [2.75, 3.05) is 13.1 Å². The normalized spacial score (nSPS) is 17.1. The van der Waals surface area contributed by atoms with Gasteiger partial charge in [-0.15, -0.1) is 0 Å². The molecule has 1 aromatic carbocycles. The maximum Gasteiger partial charge on any atom is 0.320 e. The van der Waals surface area contributed by atoms with Gasteiger partial charge in [0.1, 0.15) is 10.4 Å². The van der Waals surface area contributed by atoms with Crippen LogP contribution in [-0.4, -0.2) is 49.9 Å². The van der Waals surface area contributed by atoms with E-state index in [0.717, 1.165) is 21.5 Å². The highest BCUT2D eigenvalue weighted by Crippen LogP contribution is 2.27. The lowest BCUT2D eigenvalue weighted by molar-refractivity contribution is 0.186. The lowest BCUT2D eigenvalue weighted by Gasteiger charge is -2.21. The summed E-state index contributed by atoms with van der Waals surface area (Å²) in [5.41, 5.74) is 2.47. The summed E-state index contributed by atoms with van der Waals surface area (Å²) in [5.74, 6) is 0.718. The molecule has 1 atom stereocenters. The Hall–Kier alpha value is -1.83. The van der Waals surface area contributed by atoms with Gasteiger partial charge in [-0.2, -0.15) is 0 Å². The molecule has 1 aliphatic rings. The first-order valence-corrected chi connectivity index (χ1v) is 10.5. The number of hydrogen-bond acceptors (Lipinski definition) is 3. The maximum atomic E-state index is 12.9. The molecule has 1 saturated heterocycles. The number of halogens is 3. The Morgan fingerprint density at radius 2 is 2.07 bits per heavy atom. The summed E-state index contributed by atoms with van der Waals surface area (Å²) in [6, 6.07) is 9.32. The molecular weight excluding hydrogens is 465 g/mol. The van der Waals surface area contributed by atoms with Crippen LogP contribution in [0.25, 0.3) is 11.2 Å². The lowest BCUT2D eigenvalue weighted by Crippen LogP contribution is -2.35. The minimum absolute atomic E-state index is 0.00665. The van der Waals surface area contributed by atoms with Gasteiger partial charge in [-0.3, -0.25) is 0 Å². The zero-order valence-electron chi connectivity index (χ0n) is 15.1. The number of nitrogens with one attached hydrogen (secondary N) is 1. The number of aromatic amines is 1. The van der Waals surface area contributed by atoms with Crippen molar-refractivity contribution in [1.29, 1.82) is 0 Å². The summed E-state index contributed by atoms with van der Waals surface area (Å²) in [6.45, 7) is 3.65. The smallest absolute Gasteiger partial charge is 0.320 e. The number of carbonyl (C=O) groups is 1. The van der Waals surface area contributed by atoms with Gasteiger partial charge >= 0.3 is 6.03 Å². The lowest BCUT2D eigenvalue weighted by atomic mass is 10.1. The first-order valence-electron chi connectivity index (χ1n) is 8.95. The zero-order chi connectivity index (χ0) is 19.8. The van der Waals surface area contributed by atoms with Gasteiger partial charge in [0.15, 0.2) is 5.65 Å². The third-order valence-electron chi connectivity index (χ3n) is 4.90. The van der Waals surface area contributed by atoms with Crippen molar-refractivity contribution in [3.8, 4) is 0 Å². The minimum Gasteiger partial charge on any atom is -0.339 e. The SMILES string of the molecule is CCN1C(=O)N(Cc2nc3nc(Br)ccc3[nH]2)CC1Cc1ccc(Cl)cc1Cl. The Morgan fingerprint density at radius 1 is 1.25 bits per heavy atom. The molecule has 1 aliphatic heterocycles. The van der Waals surface area contributed by atoms with Gasteiger partial charge in [-0.1, -0.05) is 29.3 Å². The number of benzene rings is 1. The second-order valence-electron chi connectivity index (χ2n) is 6.73. The summed E-state index contributed by atoms with van der Waals surface area (Å²) < 4.78 is 0.729. The number of urea groups is 1. The molecule has 2 aromatic heterocycles. The predicted octanol–water partition coefficient (Wildman–Crippen LogP) is 4.90. The van der Waals surface area contributed by atoms with Crippen molar-refractivity contribution in [2.24, 2.45) is 0 Å². The molecule has 0 bridgehead atoms. The number of hydrogen-bond donors (Lipinski definition) is 1. The molecule has 146 valence electrons. The fourth-order valence-corrected chi connectivity index (χ4v) is 4.37. The van der Waals surface area contributed by atoms with E-state index in [0.29, 0.717) is 41.7 Å². The van der Waals surface area contributed by atoms with E-state index in [1.54, 1.807) is 6.07 Å². The molecule has 28 heavy (non-hydrogen) atoms. The molecule has 4 rings (SSSR count). The van der Waals surface area contributed by atoms with E-state index < -0.39 is 0 Å². The quantitative estimate of drug-likeness (QED) is 0.526. The Kier molecular flexibility index (Phi) is 5.49. The molecule has 2 amide bonds. The number of pyridine rings is 1. The van der Waals surface area contributed by atoms with Crippen LogP contribution >= 0.6 is 39.1 Å². The first kappa shape index (κ1) is 19.5. The van der Waals surface area contributed by atoms with Crippen molar-refractivity contribution < 1.29 is 4.79 Å². The standard InChI is InChI=1S/C19H18BrCl2N5O/c1-2-27-13(7-11-3-4-12(21)8-14(11)22)9-26(19(27)28)10-17-23-15-5-6-16(20)24-18(15)25-17/h3-6,8,13H,2,7,9-10H2,1H3,(H,23,24,25). The van der Waals surface area contributed by atoms with Crippen molar-refractivity contribution in [1.82, 2.24) is 24.8 Å². The summed E-state index contributed by atoms with van der Waals surface area (Å²) in [5, 5.41) is 1.23. The van der Waals surface area contributed by atoms with E-state index in [-0.39, 0.29) is 12.1 Å². The van der Waals surface area contributed by atoms with Gasteiger partial charge in [0.25, 0.3) is 0 Å². The van der Waals surface area contributed by atoms with E-state index in [1.807, 2.05) is 41.0 Å². The van der Waals surface area contributed by atoms with E-state index >= 15 is 0 Å². The van der Waals surface area contributed by atoms with Gasteiger partial charge in [0.2, 0.25) is 0 Å². The van der Waals surface area contributed by atoms with Crippen molar-refractivity contribution in [2.45, 2.75) is 25.9 Å². The predicted molar refractivity (Wildman–Crippen MR) is 114 cm³/mol. The summed E-state index contributed by atoms with van der Waals surface area (Å²) in [6.07, 6.45) is 0.681. The van der Waals surface area contributed by atoms with Gasteiger partial charge < -0.3 is 14.8 Å². The van der Waals surface area contributed by atoms with Gasteiger partial charge in [0.05, 0.1) is 18.1 Å². The summed E-state index contributed by atoms with van der Waals surface area (Å²) in [4.78, 5) is 28.7. The number of carbonyl (C=O) groups excluding carboxylic acids is 1. The fraction of sp³-hybridized carbons (Fsp3) is 0.316. The Balaban J connectivity index is 1.52. The number of nitrogens with zero attached hydrogens (tertiary/aromatic N) is 4. The van der Waals surface area contributed by atoms with Crippen LogP contribution in [0.4, 0.5) is 4.79 Å². The monoisotopic (exact) mass is 481 g/mol. The van der Waals surface area contributed by atoms with Crippen LogP contribution in [0.1, 0.15) is 18.3 Å². The number of fused-ring (bicyclic) bond motifs is 1. The highest BCUT2D eigenvalue weighted by molar-refractivity contribution is 9.10. The molecule has 0 saturated carbocycles.